The molecule has 0 bridgehead atoms. The lowest BCUT2D eigenvalue weighted by Crippen LogP contribution is -2.54. The molecule has 1 aromatic heterocycles. The molecule has 2 N–H and O–H groups in total. The average molecular weight is 410 g/mol. The van der Waals surface area contributed by atoms with Crippen molar-refractivity contribution < 1.29 is 9.72 Å². The number of rotatable bonds is 4. The normalized spacial score (nSPS) is 16.8. The number of thiophene rings is 1. The molecule has 0 unspecified atom stereocenters. The average Bonchev–Trinajstić information content (AvgIpc) is 2.96. The topological polar surface area (TPSA) is 108 Å². The van der Waals surface area contributed by atoms with Gasteiger partial charge in [-0.15, -0.1) is 11.3 Å². The summed E-state index contributed by atoms with van der Waals surface area (Å²) >= 11 is 1.41. The Balaban J connectivity index is 1.85. The first kappa shape index (κ1) is 20.7. The Bertz CT molecular complexity index is 1060. The molecular weight excluding hydrogens is 388 g/mol. The summed E-state index contributed by atoms with van der Waals surface area (Å²) in [6, 6.07) is 8.27. The number of nitrogens with zero attached hydrogens (tertiary/aromatic N) is 2. The van der Waals surface area contributed by atoms with Crippen LogP contribution in [-0.2, 0) is 16.8 Å². The third-order valence-corrected chi connectivity index (χ3v) is 6.17. The maximum Gasteiger partial charge on any atom is 0.270 e. The maximum atomic E-state index is 12.4. The number of carbonyl (C=O) groups is 1. The highest BCUT2D eigenvalue weighted by atomic mass is 32.1. The molecule has 7 nitrogen and oxygen atoms in total. The number of hydrogen-bond donors (Lipinski definition) is 2. The van der Waals surface area contributed by atoms with Gasteiger partial charge in [-0.1, -0.05) is 12.1 Å². The van der Waals surface area contributed by atoms with E-state index >= 15 is 0 Å². The van der Waals surface area contributed by atoms with Gasteiger partial charge in [-0.3, -0.25) is 14.9 Å². The van der Waals surface area contributed by atoms with Gasteiger partial charge in [-0.05, 0) is 51.3 Å². The lowest BCUT2D eigenvalue weighted by atomic mass is 9.81. The van der Waals surface area contributed by atoms with Crippen molar-refractivity contribution in [1.82, 2.24) is 5.32 Å². The van der Waals surface area contributed by atoms with E-state index in [9.17, 15) is 20.2 Å². The Morgan fingerprint density at radius 3 is 2.76 bits per heavy atom. The summed E-state index contributed by atoms with van der Waals surface area (Å²) in [7, 11) is 0. The van der Waals surface area contributed by atoms with Gasteiger partial charge in [0.1, 0.15) is 11.1 Å². The quantitative estimate of drug-likeness (QED) is 0.443. The van der Waals surface area contributed by atoms with E-state index in [1.54, 1.807) is 12.1 Å². The van der Waals surface area contributed by atoms with Crippen LogP contribution in [0.1, 0.15) is 49.3 Å². The number of anilines is 1. The number of nitriles is 1. The van der Waals surface area contributed by atoms with Crippen molar-refractivity contribution in [3.8, 4) is 6.07 Å². The Hall–Kier alpha value is -3.02. The number of carbonyl (C=O) groups excluding carboxylic acids is 1. The van der Waals surface area contributed by atoms with Crippen LogP contribution >= 0.6 is 11.3 Å². The summed E-state index contributed by atoms with van der Waals surface area (Å²) in [6.45, 7) is 8.32. The third kappa shape index (κ3) is 4.36. The number of nitrogens with one attached hydrogen (secondary N) is 2. The van der Waals surface area contributed by atoms with Crippen molar-refractivity contribution in [2.24, 2.45) is 0 Å². The van der Waals surface area contributed by atoms with Crippen molar-refractivity contribution in [2.45, 2.75) is 45.2 Å². The Kier molecular flexibility index (Phi) is 5.30. The second kappa shape index (κ2) is 7.43. The second-order valence-electron chi connectivity index (χ2n) is 8.21. The van der Waals surface area contributed by atoms with E-state index in [1.165, 1.54) is 35.6 Å². The fraction of sp³-hybridized carbons (Fsp3) is 0.333. The molecule has 1 aromatic carbocycles. The minimum atomic E-state index is -0.482. The molecule has 0 aliphatic carbocycles. The number of hydrogen-bond acceptors (Lipinski definition) is 6. The van der Waals surface area contributed by atoms with Crippen LogP contribution in [0.3, 0.4) is 0 Å². The summed E-state index contributed by atoms with van der Waals surface area (Å²) in [5, 5.41) is 27.5. The molecule has 0 saturated heterocycles. The predicted molar refractivity (Wildman–Crippen MR) is 114 cm³/mol. The molecule has 2 aromatic rings. The number of amides is 1. The predicted octanol–water partition coefficient (Wildman–Crippen LogP) is 4.34. The van der Waals surface area contributed by atoms with Gasteiger partial charge < -0.3 is 10.6 Å². The molecule has 29 heavy (non-hydrogen) atoms. The first-order valence-corrected chi connectivity index (χ1v) is 9.93. The van der Waals surface area contributed by atoms with Gasteiger partial charge in [0.15, 0.2) is 0 Å². The van der Waals surface area contributed by atoms with Gasteiger partial charge in [-0.25, -0.2) is 0 Å². The standard InChI is InChI=1S/C21H22N4O3S/c1-20(2)11-15-16(12-22)19(29-18(15)21(3,4)24-20)23-17(26)9-8-13-6-5-7-14(10-13)25(27)28/h5-10,24H,11H2,1-4H3,(H,23,26). The van der Waals surface area contributed by atoms with E-state index < -0.39 is 10.8 Å². The first-order valence-electron chi connectivity index (χ1n) is 9.11. The Morgan fingerprint density at radius 1 is 1.38 bits per heavy atom. The van der Waals surface area contributed by atoms with E-state index in [0.29, 0.717) is 22.5 Å². The number of fused-ring (bicyclic) bond motifs is 1. The van der Waals surface area contributed by atoms with Crippen LogP contribution in [0, 0.1) is 21.4 Å². The maximum absolute atomic E-state index is 12.4. The molecule has 0 fully saturated rings. The van der Waals surface area contributed by atoms with Crippen LogP contribution in [0.15, 0.2) is 30.3 Å². The van der Waals surface area contributed by atoms with Crippen LogP contribution in [0.5, 0.6) is 0 Å². The zero-order valence-electron chi connectivity index (χ0n) is 16.7. The highest BCUT2D eigenvalue weighted by Gasteiger charge is 2.40. The third-order valence-electron chi connectivity index (χ3n) is 4.70. The highest BCUT2D eigenvalue weighted by Crippen LogP contribution is 2.44. The summed E-state index contributed by atoms with van der Waals surface area (Å²) in [5.41, 5.74) is 1.52. The molecule has 0 atom stereocenters. The second-order valence-corrected chi connectivity index (χ2v) is 9.23. The fourth-order valence-corrected chi connectivity index (χ4v) is 5.03. The van der Waals surface area contributed by atoms with E-state index in [0.717, 1.165) is 10.4 Å². The van der Waals surface area contributed by atoms with E-state index in [1.807, 2.05) is 0 Å². The van der Waals surface area contributed by atoms with Crippen molar-refractivity contribution in [2.75, 3.05) is 5.32 Å². The molecule has 0 radical (unpaired) electrons. The minimum Gasteiger partial charge on any atom is -0.313 e. The van der Waals surface area contributed by atoms with Crippen LogP contribution in [0.25, 0.3) is 6.08 Å². The smallest absolute Gasteiger partial charge is 0.270 e. The SMILES string of the molecule is CC1(C)Cc2c(sc(NC(=O)C=Cc3cccc([N+](=O)[O-])c3)c2C#N)C(C)(C)N1. The van der Waals surface area contributed by atoms with E-state index in [2.05, 4.69) is 44.4 Å². The van der Waals surface area contributed by atoms with Crippen molar-refractivity contribution in [3.63, 3.8) is 0 Å². The van der Waals surface area contributed by atoms with E-state index in [4.69, 9.17) is 0 Å². The van der Waals surface area contributed by atoms with Crippen molar-refractivity contribution >= 4 is 34.0 Å². The molecule has 0 saturated carbocycles. The summed E-state index contributed by atoms with van der Waals surface area (Å²) in [4.78, 5) is 23.9. The number of nitro benzene ring substituents is 1. The van der Waals surface area contributed by atoms with Gasteiger partial charge in [-0.2, -0.15) is 5.26 Å². The van der Waals surface area contributed by atoms with Gasteiger partial charge in [0, 0.05) is 34.2 Å². The molecule has 0 spiro atoms. The van der Waals surface area contributed by atoms with Crippen molar-refractivity contribution in [3.05, 3.63) is 62.0 Å². The zero-order chi connectivity index (χ0) is 21.4. The number of benzene rings is 1. The van der Waals surface area contributed by atoms with Crippen LogP contribution in [0.4, 0.5) is 10.7 Å². The summed E-state index contributed by atoms with van der Waals surface area (Å²) in [6.07, 6.45) is 3.52. The molecule has 2 heterocycles. The largest absolute Gasteiger partial charge is 0.313 e. The van der Waals surface area contributed by atoms with E-state index in [-0.39, 0.29) is 16.8 Å². The molecule has 8 heteroatoms. The molecule has 1 aliphatic heterocycles. The van der Waals surface area contributed by atoms with Crippen LogP contribution in [0.2, 0.25) is 0 Å². The fourth-order valence-electron chi connectivity index (χ4n) is 3.80. The zero-order valence-corrected chi connectivity index (χ0v) is 17.5. The van der Waals surface area contributed by atoms with Gasteiger partial charge >= 0.3 is 0 Å². The molecular formula is C21H22N4O3S. The minimum absolute atomic E-state index is 0.0393. The highest BCUT2D eigenvalue weighted by molar-refractivity contribution is 7.17. The lowest BCUT2D eigenvalue weighted by Gasteiger charge is -2.42. The summed E-state index contributed by atoms with van der Waals surface area (Å²) < 4.78 is 0. The number of non-ortho nitro benzene ring substituents is 1. The molecule has 1 aliphatic rings. The van der Waals surface area contributed by atoms with Crippen LogP contribution in [-0.4, -0.2) is 16.4 Å². The van der Waals surface area contributed by atoms with Crippen molar-refractivity contribution in [1.29, 1.82) is 5.26 Å². The summed E-state index contributed by atoms with van der Waals surface area (Å²) in [5.74, 6) is -0.392. The molecule has 150 valence electrons. The first-order chi connectivity index (χ1) is 13.5. The van der Waals surface area contributed by atoms with Crippen LogP contribution < -0.4 is 10.6 Å². The molecule has 3 rings (SSSR count). The number of nitro groups is 1. The Labute approximate surface area is 173 Å². The van der Waals surface area contributed by atoms with Gasteiger partial charge in [0.2, 0.25) is 5.91 Å². The monoisotopic (exact) mass is 410 g/mol. The Morgan fingerprint density at radius 2 is 2.10 bits per heavy atom. The van der Waals surface area contributed by atoms with Gasteiger partial charge in [0.25, 0.3) is 5.69 Å². The molecule has 1 amide bonds. The lowest BCUT2D eigenvalue weighted by molar-refractivity contribution is -0.384. The van der Waals surface area contributed by atoms with Gasteiger partial charge in [0.05, 0.1) is 10.5 Å².